The fourth-order valence-electron chi connectivity index (χ4n) is 1.72. The third kappa shape index (κ3) is 5.89. The summed E-state index contributed by atoms with van der Waals surface area (Å²) in [5.41, 5.74) is -0.701. The van der Waals surface area contributed by atoms with Gasteiger partial charge in [-0.2, -0.15) is 0 Å². The SMILES string of the molecule is CCCCCCOC(=O)CNC(=O)c1c(F)cccc1F. The first kappa shape index (κ1) is 17.1. The van der Waals surface area contributed by atoms with Crippen molar-refractivity contribution in [2.75, 3.05) is 13.2 Å². The Morgan fingerprint density at radius 3 is 2.43 bits per heavy atom. The molecule has 1 aromatic rings. The summed E-state index contributed by atoms with van der Waals surface area (Å²) in [5.74, 6) is -3.55. The van der Waals surface area contributed by atoms with E-state index in [0.717, 1.165) is 43.9 Å². The van der Waals surface area contributed by atoms with Gasteiger partial charge in [-0.25, -0.2) is 8.78 Å². The molecule has 0 saturated carbocycles. The van der Waals surface area contributed by atoms with Crippen LogP contribution >= 0.6 is 0 Å². The fourth-order valence-corrected chi connectivity index (χ4v) is 1.72. The number of amides is 1. The van der Waals surface area contributed by atoms with Gasteiger partial charge in [0.05, 0.1) is 6.61 Å². The molecular weight excluding hydrogens is 280 g/mol. The molecule has 0 fully saturated rings. The molecule has 0 saturated heterocycles. The summed E-state index contributed by atoms with van der Waals surface area (Å²) in [6, 6.07) is 3.11. The highest BCUT2D eigenvalue weighted by Crippen LogP contribution is 2.11. The minimum Gasteiger partial charge on any atom is -0.464 e. The van der Waals surface area contributed by atoms with E-state index in [9.17, 15) is 18.4 Å². The lowest BCUT2D eigenvalue weighted by molar-refractivity contribution is -0.142. The Kier molecular flexibility index (Phi) is 7.36. The summed E-state index contributed by atoms with van der Waals surface area (Å²) < 4.78 is 31.6. The number of esters is 1. The molecule has 0 aliphatic heterocycles. The maximum atomic E-state index is 13.3. The van der Waals surface area contributed by atoms with E-state index in [1.54, 1.807) is 0 Å². The highest BCUT2D eigenvalue weighted by atomic mass is 19.1. The Morgan fingerprint density at radius 2 is 1.81 bits per heavy atom. The van der Waals surface area contributed by atoms with Crippen LogP contribution in [0, 0.1) is 11.6 Å². The first-order valence-corrected chi connectivity index (χ1v) is 6.94. The number of carbonyl (C=O) groups is 2. The van der Waals surface area contributed by atoms with Crippen LogP contribution in [0.5, 0.6) is 0 Å². The van der Waals surface area contributed by atoms with E-state index in [-0.39, 0.29) is 6.61 Å². The zero-order chi connectivity index (χ0) is 15.7. The summed E-state index contributed by atoms with van der Waals surface area (Å²) in [6.07, 6.45) is 3.88. The number of unbranched alkanes of at least 4 members (excludes halogenated alkanes) is 3. The normalized spacial score (nSPS) is 10.2. The Bertz CT molecular complexity index is 472. The smallest absolute Gasteiger partial charge is 0.325 e. The van der Waals surface area contributed by atoms with Crippen LogP contribution in [-0.4, -0.2) is 25.0 Å². The van der Waals surface area contributed by atoms with E-state index in [1.807, 2.05) is 0 Å². The second-order valence-electron chi connectivity index (χ2n) is 4.56. The number of carbonyl (C=O) groups excluding carboxylic acids is 2. The van der Waals surface area contributed by atoms with Crippen LogP contribution < -0.4 is 5.32 Å². The van der Waals surface area contributed by atoms with Gasteiger partial charge in [0.2, 0.25) is 0 Å². The molecule has 21 heavy (non-hydrogen) atoms. The number of nitrogens with one attached hydrogen (secondary N) is 1. The van der Waals surface area contributed by atoms with Crippen molar-refractivity contribution in [2.24, 2.45) is 0 Å². The molecule has 1 aromatic carbocycles. The second kappa shape index (κ2) is 9.05. The van der Waals surface area contributed by atoms with E-state index in [2.05, 4.69) is 12.2 Å². The quantitative estimate of drug-likeness (QED) is 0.593. The molecule has 4 nitrogen and oxygen atoms in total. The van der Waals surface area contributed by atoms with Gasteiger partial charge in [-0.05, 0) is 18.6 Å². The highest BCUT2D eigenvalue weighted by Gasteiger charge is 2.17. The van der Waals surface area contributed by atoms with Gasteiger partial charge in [0.1, 0.15) is 23.7 Å². The van der Waals surface area contributed by atoms with Crippen molar-refractivity contribution in [3.63, 3.8) is 0 Å². The van der Waals surface area contributed by atoms with Gasteiger partial charge in [0.15, 0.2) is 0 Å². The van der Waals surface area contributed by atoms with Gasteiger partial charge in [-0.1, -0.05) is 32.3 Å². The molecule has 1 rings (SSSR count). The van der Waals surface area contributed by atoms with Gasteiger partial charge in [-0.15, -0.1) is 0 Å². The molecule has 0 aliphatic carbocycles. The van der Waals surface area contributed by atoms with Crippen LogP contribution in [-0.2, 0) is 9.53 Å². The van der Waals surface area contributed by atoms with Gasteiger partial charge < -0.3 is 10.1 Å². The Balaban J connectivity index is 2.34. The molecule has 116 valence electrons. The molecule has 0 heterocycles. The molecule has 0 atom stereocenters. The minimum absolute atomic E-state index is 0.281. The zero-order valence-corrected chi connectivity index (χ0v) is 12.0. The Labute approximate surface area is 122 Å². The highest BCUT2D eigenvalue weighted by molar-refractivity contribution is 5.96. The molecular formula is C15H19F2NO3. The second-order valence-corrected chi connectivity index (χ2v) is 4.56. The summed E-state index contributed by atoms with van der Waals surface area (Å²) in [5, 5.41) is 2.14. The summed E-state index contributed by atoms with van der Waals surface area (Å²) in [6.45, 7) is 1.94. The number of hydrogen-bond acceptors (Lipinski definition) is 3. The molecule has 1 N–H and O–H groups in total. The molecule has 0 aromatic heterocycles. The number of benzene rings is 1. The van der Waals surface area contributed by atoms with Gasteiger partial charge >= 0.3 is 5.97 Å². The number of rotatable bonds is 8. The largest absolute Gasteiger partial charge is 0.464 e. The van der Waals surface area contributed by atoms with Crippen LogP contribution in [0.25, 0.3) is 0 Å². The van der Waals surface area contributed by atoms with Crippen LogP contribution in [0.1, 0.15) is 43.0 Å². The Morgan fingerprint density at radius 1 is 1.14 bits per heavy atom. The third-order valence-electron chi connectivity index (χ3n) is 2.84. The minimum atomic E-state index is -0.978. The van der Waals surface area contributed by atoms with Gasteiger partial charge in [0, 0.05) is 0 Å². The molecule has 0 aliphatic rings. The first-order valence-electron chi connectivity index (χ1n) is 6.94. The molecule has 6 heteroatoms. The number of halogens is 2. The summed E-state index contributed by atoms with van der Waals surface area (Å²) >= 11 is 0. The average molecular weight is 299 g/mol. The van der Waals surface area contributed by atoms with Crippen molar-refractivity contribution in [3.05, 3.63) is 35.4 Å². The third-order valence-corrected chi connectivity index (χ3v) is 2.84. The topological polar surface area (TPSA) is 55.4 Å². The van der Waals surface area contributed by atoms with Crippen molar-refractivity contribution < 1.29 is 23.1 Å². The molecule has 0 bridgehead atoms. The predicted molar refractivity (Wildman–Crippen MR) is 73.8 cm³/mol. The molecule has 0 unspecified atom stereocenters. The predicted octanol–water partition coefficient (Wildman–Crippen LogP) is 2.82. The lowest BCUT2D eigenvalue weighted by atomic mass is 10.2. The van der Waals surface area contributed by atoms with E-state index < -0.39 is 35.6 Å². The van der Waals surface area contributed by atoms with E-state index in [4.69, 9.17) is 4.74 Å². The summed E-state index contributed by atoms with van der Waals surface area (Å²) in [4.78, 5) is 23.0. The van der Waals surface area contributed by atoms with Crippen LogP contribution in [0.15, 0.2) is 18.2 Å². The fraction of sp³-hybridized carbons (Fsp3) is 0.467. The molecule has 0 radical (unpaired) electrons. The van der Waals surface area contributed by atoms with Crippen molar-refractivity contribution >= 4 is 11.9 Å². The zero-order valence-electron chi connectivity index (χ0n) is 12.0. The van der Waals surface area contributed by atoms with Crippen molar-refractivity contribution in [1.82, 2.24) is 5.32 Å². The Hall–Kier alpha value is -1.98. The lowest BCUT2D eigenvalue weighted by Crippen LogP contribution is -2.32. The van der Waals surface area contributed by atoms with Gasteiger partial charge in [0.25, 0.3) is 5.91 Å². The monoisotopic (exact) mass is 299 g/mol. The van der Waals surface area contributed by atoms with Crippen molar-refractivity contribution in [3.8, 4) is 0 Å². The van der Waals surface area contributed by atoms with Gasteiger partial charge in [-0.3, -0.25) is 9.59 Å². The van der Waals surface area contributed by atoms with Crippen molar-refractivity contribution in [2.45, 2.75) is 32.6 Å². The average Bonchev–Trinajstić information content (AvgIpc) is 2.44. The van der Waals surface area contributed by atoms with E-state index >= 15 is 0 Å². The first-order chi connectivity index (χ1) is 10.1. The van der Waals surface area contributed by atoms with E-state index in [0.29, 0.717) is 0 Å². The maximum absolute atomic E-state index is 13.3. The number of hydrogen-bond donors (Lipinski definition) is 1. The molecule has 0 spiro atoms. The summed E-state index contributed by atoms with van der Waals surface area (Å²) in [7, 11) is 0. The van der Waals surface area contributed by atoms with E-state index in [1.165, 1.54) is 0 Å². The van der Waals surface area contributed by atoms with Crippen LogP contribution in [0.4, 0.5) is 8.78 Å². The van der Waals surface area contributed by atoms with Crippen molar-refractivity contribution in [1.29, 1.82) is 0 Å². The number of ether oxygens (including phenoxy) is 1. The van der Waals surface area contributed by atoms with Crippen LogP contribution in [0.2, 0.25) is 0 Å². The maximum Gasteiger partial charge on any atom is 0.325 e. The molecule has 1 amide bonds. The van der Waals surface area contributed by atoms with Crippen LogP contribution in [0.3, 0.4) is 0 Å². The standard InChI is InChI=1S/C15H19F2NO3/c1-2-3-4-5-9-21-13(19)10-18-15(20)14-11(16)7-6-8-12(14)17/h6-8H,2-5,9-10H2,1H3,(H,18,20). The lowest BCUT2D eigenvalue weighted by Gasteiger charge is -2.07.